The maximum atomic E-state index is 11.6. The third kappa shape index (κ3) is 2.14. The van der Waals surface area contributed by atoms with E-state index in [0.717, 1.165) is 24.1 Å². The average Bonchev–Trinajstić information content (AvgIpc) is 2.89. The van der Waals surface area contributed by atoms with Crippen LogP contribution < -0.4 is 22.0 Å². The Bertz CT molecular complexity index is 432. The van der Waals surface area contributed by atoms with Gasteiger partial charge < -0.3 is 11.2 Å². The molecule has 6 N–H and O–H groups in total. The summed E-state index contributed by atoms with van der Waals surface area (Å²) in [6, 6.07) is -0.152. The lowest BCUT2D eigenvalue weighted by Gasteiger charge is -2.11. The molecule has 0 radical (unpaired) electrons. The largest absolute Gasteiger partial charge is 0.334 e. The van der Waals surface area contributed by atoms with Crippen molar-refractivity contribution >= 4 is 24.1 Å². The van der Waals surface area contributed by atoms with Crippen molar-refractivity contribution in [2.24, 2.45) is 0 Å². The molecule has 1 atom stereocenters. The van der Waals surface area contributed by atoms with Gasteiger partial charge in [0.25, 0.3) is 11.9 Å². The first kappa shape index (κ1) is 10.9. The van der Waals surface area contributed by atoms with Crippen molar-refractivity contribution in [3.63, 3.8) is 0 Å². The summed E-state index contributed by atoms with van der Waals surface area (Å²) < 4.78 is 1.41. The number of hydrogen-bond donors (Lipinski definition) is 5. The van der Waals surface area contributed by atoms with Gasteiger partial charge in [0.15, 0.2) is 0 Å². The highest BCUT2D eigenvalue weighted by Crippen LogP contribution is 2.04. The van der Waals surface area contributed by atoms with Gasteiger partial charge in [-0.25, -0.2) is 5.10 Å². The molecule has 2 heterocycles. The Morgan fingerprint density at radius 3 is 3.06 bits per heavy atom. The lowest BCUT2D eigenvalue weighted by atomic mass is 10.2. The second-order valence-corrected chi connectivity index (χ2v) is 3.87. The molecule has 1 aliphatic rings. The SMILES string of the molecule is Nn1c(NNC(=O)C2CCCN2)n[nH]c1=S. The van der Waals surface area contributed by atoms with E-state index in [4.69, 9.17) is 18.1 Å². The zero-order valence-electron chi connectivity index (χ0n) is 8.49. The van der Waals surface area contributed by atoms with Crippen molar-refractivity contribution < 1.29 is 4.79 Å². The number of hydrazine groups is 1. The van der Waals surface area contributed by atoms with E-state index in [9.17, 15) is 4.79 Å². The van der Waals surface area contributed by atoms with Crippen molar-refractivity contribution in [1.29, 1.82) is 0 Å². The molecule has 0 saturated carbocycles. The first-order chi connectivity index (χ1) is 7.68. The highest BCUT2D eigenvalue weighted by Gasteiger charge is 2.21. The first-order valence-corrected chi connectivity index (χ1v) is 5.31. The molecule has 1 aliphatic heterocycles. The number of H-pyrrole nitrogens is 1. The van der Waals surface area contributed by atoms with E-state index in [0.29, 0.717) is 0 Å². The fourth-order valence-electron chi connectivity index (χ4n) is 1.51. The molecule has 0 aliphatic carbocycles. The third-order valence-electron chi connectivity index (χ3n) is 2.38. The van der Waals surface area contributed by atoms with Gasteiger partial charge in [0, 0.05) is 0 Å². The molecule has 0 bridgehead atoms. The predicted molar refractivity (Wildman–Crippen MR) is 60.4 cm³/mol. The number of aromatic nitrogens is 3. The van der Waals surface area contributed by atoms with Crippen LogP contribution in [0.4, 0.5) is 5.95 Å². The highest BCUT2D eigenvalue weighted by molar-refractivity contribution is 7.71. The quantitative estimate of drug-likeness (QED) is 0.260. The Hall–Kier alpha value is -1.61. The summed E-state index contributed by atoms with van der Waals surface area (Å²) in [5.41, 5.74) is 5.11. The van der Waals surface area contributed by atoms with Gasteiger partial charge in [-0.2, -0.15) is 4.68 Å². The Balaban J connectivity index is 1.89. The minimum absolute atomic E-state index is 0.133. The maximum absolute atomic E-state index is 11.6. The Morgan fingerprint density at radius 1 is 1.69 bits per heavy atom. The van der Waals surface area contributed by atoms with Gasteiger partial charge in [-0.1, -0.05) is 0 Å². The van der Waals surface area contributed by atoms with E-state index in [1.54, 1.807) is 0 Å². The van der Waals surface area contributed by atoms with Gasteiger partial charge in [0.2, 0.25) is 4.77 Å². The highest BCUT2D eigenvalue weighted by atomic mass is 32.1. The van der Waals surface area contributed by atoms with Gasteiger partial charge in [-0.15, -0.1) is 5.10 Å². The van der Waals surface area contributed by atoms with E-state index in [2.05, 4.69) is 26.4 Å². The number of carbonyl (C=O) groups is 1. The molecular weight excluding hydrogens is 230 g/mol. The smallest absolute Gasteiger partial charge is 0.260 e. The molecule has 1 unspecified atom stereocenters. The van der Waals surface area contributed by atoms with Crippen LogP contribution in [0.3, 0.4) is 0 Å². The lowest BCUT2D eigenvalue weighted by molar-refractivity contribution is -0.122. The lowest BCUT2D eigenvalue weighted by Crippen LogP contribution is -2.43. The maximum Gasteiger partial charge on any atom is 0.260 e. The molecule has 0 spiro atoms. The first-order valence-electron chi connectivity index (χ1n) is 4.90. The van der Waals surface area contributed by atoms with Crippen LogP contribution in [0, 0.1) is 4.77 Å². The Morgan fingerprint density at radius 2 is 2.50 bits per heavy atom. The van der Waals surface area contributed by atoms with Gasteiger partial charge >= 0.3 is 0 Å². The molecule has 1 amide bonds. The van der Waals surface area contributed by atoms with E-state index in [1.807, 2.05) is 0 Å². The molecule has 88 valence electrons. The van der Waals surface area contributed by atoms with Crippen LogP contribution in [0.1, 0.15) is 12.8 Å². The molecule has 9 heteroatoms. The molecule has 1 fully saturated rings. The summed E-state index contributed by atoms with van der Waals surface area (Å²) in [4.78, 5) is 11.6. The molecule has 1 saturated heterocycles. The zero-order chi connectivity index (χ0) is 11.5. The van der Waals surface area contributed by atoms with Gasteiger partial charge in [-0.3, -0.25) is 15.6 Å². The van der Waals surface area contributed by atoms with Crippen LogP contribution >= 0.6 is 12.2 Å². The summed E-state index contributed by atoms with van der Waals surface area (Å²) in [7, 11) is 0. The fourth-order valence-corrected chi connectivity index (χ4v) is 1.64. The summed E-state index contributed by atoms with van der Waals surface area (Å²) in [5, 5.41) is 9.35. The van der Waals surface area contributed by atoms with E-state index in [1.165, 1.54) is 0 Å². The minimum Gasteiger partial charge on any atom is -0.334 e. The molecule has 1 aromatic heterocycles. The Kier molecular flexibility index (Phi) is 3.06. The van der Waals surface area contributed by atoms with E-state index < -0.39 is 0 Å². The monoisotopic (exact) mass is 243 g/mol. The number of rotatable bonds is 3. The fraction of sp³-hybridized carbons (Fsp3) is 0.571. The number of nitrogens with two attached hydrogens (primary N) is 1. The number of nitrogens with one attached hydrogen (secondary N) is 4. The number of carbonyl (C=O) groups excluding carboxylic acids is 1. The molecule has 0 aromatic carbocycles. The molecule has 16 heavy (non-hydrogen) atoms. The normalized spacial score (nSPS) is 19.6. The van der Waals surface area contributed by atoms with Crippen molar-refractivity contribution in [2.75, 3.05) is 17.8 Å². The number of aromatic amines is 1. The van der Waals surface area contributed by atoms with Crippen LogP contribution in [0.5, 0.6) is 0 Å². The second kappa shape index (κ2) is 4.49. The predicted octanol–water partition coefficient (Wildman–Crippen LogP) is -1.15. The average molecular weight is 243 g/mol. The van der Waals surface area contributed by atoms with Crippen LogP contribution in [0.25, 0.3) is 0 Å². The van der Waals surface area contributed by atoms with Crippen molar-refractivity contribution in [3.8, 4) is 0 Å². The van der Waals surface area contributed by atoms with Crippen LogP contribution in [0.2, 0.25) is 0 Å². The molecule has 1 aromatic rings. The van der Waals surface area contributed by atoms with E-state index in [-0.39, 0.29) is 22.7 Å². The summed E-state index contributed by atoms with van der Waals surface area (Å²) in [5.74, 6) is 5.66. The second-order valence-electron chi connectivity index (χ2n) is 3.49. The van der Waals surface area contributed by atoms with Crippen LogP contribution in [-0.2, 0) is 4.79 Å². The van der Waals surface area contributed by atoms with Crippen molar-refractivity contribution in [2.45, 2.75) is 18.9 Å². The molecule has 2 rings (SSSR count). The topological polar surface area (TPSA) is 113 Å². The van der Waals surface area contributed by atoms with Crippen molar-refractivity contribution in [3.05, 3.63) is 4.77 Å². The zero-order valence-corrected chi connectivity index (χ0v) is 9.30. The van der Waals surface area contributed by atoms with Gasteiger partial charge in [0.05, 0.1) is 6.04 Å². The molecule has 8 nitrogen and oxygen atoms in total. The van der Waals surface area contributed by atoms with Gasteiger partial charge in [0.1, 0.15) is 0 Å². The third-order valence-corrected chi connectivity index (χ3v) is 2.67. The minimum atomic E-state index is -0.152. The van der Waals surface area contributed by atoms with Gasteiger partial charge in [-0.05, 0) is 31.6 Å². The number of anilines is 1. The van der Waals surface area contributed by atoms with Crippen LogP contribution in [-0.4, -0.2) is 33.4 Å². The molecular formula is C7H13N7OS. The summed E-state index contributed by atoms with van der Waals surface area (Å²) in [6.07, 6.45) is 1.84. The number of nitrogens with zero attached hydrogens (tertiary/aromatic N) is 2. The summed E-state index contributed by atoms with van der Waals surface area (Å²) in [6.45, 7) is 0.869. The number of hydrogen-bond acceptors (Lipinski definition) is 6. The van der Waals surface area contributed by atoms with E-state index >= 15 is 0 Å². The Labute approximate surface area is 96.5 Å². The van der Waals surface area contributed by atoms with Crippen LogP contribution in [0.15, 0.2) is 0 Å². The summed E-state index contributed by atoms with van der Waals surface area (Å²) >= 11 is 4.82. The van der Waals surface area contributed by atoms with Crippen molar-refractivity contribution in [1.82, 2.24) is 25.6 Å². The standard InChI is InChI=1S/C7H13N7OS/c8-14-6(12-13-7(14)16)11-10-5(15)4-2-1-3-9-4/h4,9H,1-3,8H2,(H,10,15)(H,11,12)(H,13,16). The number of amides is 1. The number of nitrogen functional groups attached to an aromatic ring is 1.